The zero-order chi connectivity index (χ0) is 13.8. The van der Waals surface area contributed by atoms with Crippen LogP contribution in [0.3, 0.4) is 0 Å². The van der Waals surface area contributed by atoms with E-state index in [0.717, 1.165) is 24.3 Å². The van der Waals surface area contributed by atoms with E-state index in [2.05, 4.69) is 0 Å². The van der Waals surface area contributed by atoms with Gasteiger partial charge in [0.15, 0.2) is 0 Å². The van der Waals surface area contributed by atoms with Crippen molar-refractivity contribution in [1.29, 1.82) is 0 Å². The van der Waals surface area contributed by atoms with Crippen molar-refractivity contribution in [2.45, 2.75) is 38.9 Å². The smallest absolute Gasteiger partial charge is 0.222 e. The van der Waals surface area contributed by atoms with Gasteiger partial charge in [0.1, 0.15) is 5.75 Å². The van der Waals surface area contributed by atoms with Gasteiger partial charge >= 0.3 is 0 Å². The number of β-amino-alcohol motifs (C(OH)–C–C–N with tert-alkyl or cyclic N) is 1. The molecule has 1 amide bonds. The third-order valence-electron chi connectivity index (χ3n) is 3.20. The Morgan fingerprint density at radius 1 is 1.32 bits per heavy atom. The molecule has 0 bridgehead atoms. The lowest BCUT2D eigenvalue weighted by Gasteiger charge is -2.20. The van der Waals surface area contributed by atoms with Crippen molar-refractivity contribution in [3.05, 3.63) is 29.8 Å². The molecule has 2 rings (SSSR count). The third-order valence-corrected chi connectivity index (χ3v) is 3.20. The number of aliphatic hydroxyl groups is 1. The topological polar surface area (TPSA) is 49.8 Å². The number of rotatable bonds is 5. The van der Waals surface area contributed by atoms with Crippen molar-refractivity contribution in [2.24, 2.45) is 0 Å². The van der Waals surface area contributed by atoms with Crippen LogP contribution in [0.5, 0.6) is 5.75 Å². The van der Waals surface area contributed by atoms with Crippen molar-refractivity contribution in [2.75, 3.05) is 13.1 Å². The molecule has 1 aromatic rings. The highest BCUT2D eigenvalue weighted by Crippen LogP contribution is 2.21. The van der Waals surface area contributed by atoms with E-state index in [9.17, 15) is 9.90 Å². The van der Waals surface area contributed by atoms with Gasteiger partial charge in [0, 0.05) is 13.0 Å². The molecule has 0 spiro atoms. The molecule has 0 aliphatic carbocycles. The van der Waals surface area contributed by atoms with Crippen molar-refractivity contribution in [1.82, 2.24) is 4.90 Å². The largest absolute Gasteiger partial charge is 0.491 e. The lowest BCUT2D eigenvalue weighted by Crippen LogP contribution is -2.29. The van der Waals surface area contributed by atoms with E-state index in [1.165, 1.54) is 0 Å². The normalized spacial score (nSPS) is 17.1. The Kier molecular flexibility index (Phi) is 4.43. The van der Waals surface area contributed by atoms with Crippen LogP contribution in [0.25, 0.3) is 0 Å². The molecule has 1 saturated heterocycles. The van der Waals surface area contributed by atoms with Gasteiger partial charge in [-0.25, -0.2) is 0 Å². The summed E-state index contributed by atoms with van der Waals surface area (Å²) in [6, 6.07) is 7.40. The van der Waals surface area contributed by atoms with E-state index in [4.69, 9.17) is 4.74 Å². The predicted octanol–water partition coefficient (Wildman–Crippen LogP) is 2.13. The number of hydrogen-bond acceptors (Lipinski definition) is 3. The van der Waals surface area contributed by atoms with Crippen LogP contribution in [0.2, 0.25) is 0 Å². The maximum absolute atomic E-state index is 11.5. The Balaban J connectivity index is 1.95. The molecule has 19 heavy (non-hydrogen) atoms. The highest BCUT2D eigenvalue weighted by atomic mass is 16.5. The highest BCUT2D eigenvalue weighted by molar-refractivity contribution is 5.78. The van der Waals surface area contributed by atoms with Crippen LogP contribution in [0.1, 0.15) is 38.4 Å². The van der Waals surface area contributed by atoms with Gasteiger partial charge in [-0.2, -0.15) is 0 Å². The van der Waals surface area contributed by atoms with Crippen LogP contribution in [0.15, 0.2) is 24.3 Å². The molecule has 1 aliphatic heterocycles. The van der Waals surface area contributed by atoms with E-state index in [1.54, 1.807) is 4.90 Å². The van der Waals surface area contributed by atoms with Crippen LogP contribution in [-0.4, -0.2) is 35.1 Å². The van der Waals surface area contributed by atoms with Gasteiger partial charge in [-0.1, -0.05) is 12.1 Å². The van der Waals surface area contributed by atoms with E-state index in [0.29, 0.717) is 13.0 Å². The van der Waals surface area contributed by atoms with Gasteiger partial charge in [0.2, 0.25) is 5.91 Å². The molecule has 1 N–H and O–H groups in total. The minimum Gasteiger partial charge on any atom is -0.491 e. The second-order valence-electron chi connectivity index (χ2n) is 5.19. The monoisotopic (exact) mass is 263 g/mol. The molecule has 0 saturated carbocycles. The average molecular weight is 263 g/mol. The van der Waals surface area contributed by atoms with Gasteiger partial charge < -0.3 is 14.7 Å². The second-order valence-corrected chi connectivity index (χ2v) is 5.19. The maximum atomic E-state index is 11.5. The molecule has 1 aromatic carbocycles. The summed E-state index contributed by atoms with van der Waals surface area (Å²) in [5.74, 6) is 0.932. The summed E-state index contributed by atoms with van der Waals surface area (Å²) in [7, 11) is 0. The Hall–Kier alpha value is -1.55. The van der Waals surface area contributed by atoms with Crippen molar-refractivity contribution < 1.29 is 14.6 Å². The molecule has 1 aliphatic rings. The second kappa shape index (κ2) is 6.06. The standard InChI is InChI=1S/C15H21NO3/c1-11(2)19-13-7-5-12(6-8-13)14(17)10-16-9-3-4-15(16)18/h5-8,11,14,17H,3-4,9-10H2,1-2H3. The van der Waals surface area contributed by atoms with Gasteiger partial charge in [0.05, 0.1) is 18.8 Å². The zero-order valence-electron chi connectivity index (χ0n) is 11.5. The number of ether oxygens (including phenoxy) is 1. The first-order valence-corrected chi connectivity index (χ1v) is 6.78. The summed E-state index contributed by atoms with van der Waals surface area (Å²) >= 11 is 0. The fraction of sp³-hybridized carbons (Fsp3) is 0.533. The highest BCUT2D eigenvalue weighted by Gasteiger charge is 2.23. The minimum atomic E-state index is -0.629. The minimum absolute atomic E-state index is 0.137. The Morgan fingerprint density at radius 2 is 2.00 bits per heavy atom. The number of carbonyl (C=O) groups is 1. The molecular weight excluding hydrogens is 242 g/mol. The number of likely N-dealkylation sites (tertiary alicyclic amines) is 1. The Morgan fingerprint density at radius 3 is 2.53 bits per heavy atom. The van der Waals surface area contributed by atoms with Crippen LogP contribution in [0, 0.1) is 0 Å². The van der Waals surface area contributed by atoms with Crippen LogP contribution in [0.4, 0.5) is 0 Å². The summed E-state index contributed by atoms with van der Waals surface area (Å²) in [4.78, 5) is 13.2. The van der Waals surface area contributed by atoms with Crippen LogP contribution in [-0.2, 0) is 4.79 Å². The number of hydrogen-bond donors (Lipinski definition) is 1. The first-order chi connectivity index (χ1) is 9.06. The number of benzene rings is 1. The first-order valence-electron chi connectivity index (χ1n) is 6.78. The molecule has 0 radical (unpaired) electrons. The Labute approximate surface area is 114 Å². The Bertz CT molecular complexity index is 428. The number of aliphatic hydroxyl groups excluding tert-OH is 1. The molecule has 1 heterocycles. The van der Waals surface area contributed by atoms with Crippen molar-refractivity contribution in [3.63, 3.8) is 0 Å². The SMILES string of the molecule is CC(C)Oc1ccc(C(O)CN2CCCC2=O)cc1. The van der Waals surface area contributed by atoms with Gasteiger partial charge in [0.25, 0.3) is 0 Å². The number of nitrogens with zero attached hydrogens (tertiary/aromatic N) is 1. The predicted molar refractivity (Wildman–Crippen MR) is 73.0 cm³/mol. The maximum Gasteiger partial charge on any atom is 0.222 e. The van der Waals surface area contributed by atoms with Gasteiger partial charge in [-0.3, -0.25) is 4.79 Å². The lowest BCUT2D eigenvalue weighted by molar-refractivity contribution is -0.128. The van der Waals surface area contributed by atoms with Gasteiger partial charge in [-0.05, 0) is 38.0 Å². The average Bonchev–Trinajstić information content (AvgIpc) is 2.75. The summed E-state index contributed by atoms with van der Waals surface area (Å²) in [6.45, 7) is 5.08. The molecule has 1 atom stereocenters. The van der Waals surface area contributed by atoms with E-state index >= 15 is 0 Å². The van der Waals surface area contributed by atoms with Crippen molar-refractivity contribution in [3.8, 4) is 5.75 Å². The molecule has 1 fully saturated rings. The molecule has 1 unspecified atom stereocenters. The van der Waals surface area contributed by atoms with E-state index in [-0.39, 0.29) is 12.0 Å². The molecule has 0 aromatic heterocycles. The summed E-state index contributed by atoms with van der Waals surface area (Å²) < 4.78 is 5.55. The van der Waals surface area contributed by atoms with Crippen molar-refractivity contribution >= 4 is 5.91 Å². The third kappa shape index (κ3) is 3.70. The van der Waals surface area contributed by atoms with Gasteiger partial charge in [-0.15, -0.1) is 0 Å². The molecule has 104 valence electrons. The fourth-order valence-corrected chi connectivity index (χ4v) is 2.25. The first kappa shape index (κ1) is 13.9. The summed E-state index contributed by atoms with van der Waals surface area (Å²) in [5.41, 5.74) is 0.816. The number of carbonyl (C=O) groups excluding carboxylic acids is 1. The summed E-state index contributed by atoms with van der Waals surface area (Å²) in [6.07, 6.45) is 1.01. The number of amides is 1. The van der Waals surface area contributed by atoms with E-state index < -0.39 is 6.10 Å². The summed E-state index contributed by atoms with van der Waals surface area (Å²) in [5, 5.41) is 10.1. The lowest BCUT2D eigenvalue weighted by atomic mass is 10.1. The molecular formula is C15H21NO3. The fourth-order valence-electron chi connectivity index (χ4n) is 2.25. The van der Waals surface area contributed by atoms with E-state index in [1.807, 2.05) is 38.1 Å². The quantitative estimate of drug-likeness (QED) is 0.885. The van der Waals surface area contributed by atoms with Crippen LogP contribution < -0.4 is 4.74 Å². The zero-order valence-corrected chi connectivity index (χ0v) is 11.5. The van der Waals surface area contributed by atoms with Crippen LogP contribution >= 0.6 is 0 Å². The molecule has 4 nitrogen and oxygen atoms in total. The molecule has 4 heteroatoms.